The molecule has 0 aromatic heterocycles. The van der Waals surface area contributed by atoms with Crippen molar-refractivity contribution >= 4 is 35.6 Å². The van der Waals surface area contributed by atoms with Gasteiger partial charge in [-0.25, -0.2) is 4.79 Å². The normalized spacial score (nSPS) is 14.5. The van der Waals surface area contributed by atoms with Gasteiger partial charge in [0.25, 0.3) is 0 Å². The quantitative estimate of drug-likeness (QED) is 0.0549. The third kappa shape index (κ3) is 12.7. The van der Waals surface area contributed by atoms with Crippen LogP contribution in [0.25, 0.3) is 0 Å². The Kier molecular flexibility index (Phi) is 13.9. The van der Waals surface area contributed by atoms with Crippen molar-refractivity contribution in [3.63, 3.8) is 0 Å². The maximum atomic E-state index is 13.2. The molecule has 12 N–H and O–H groups in total. The lowest BCUT2D eigenvalue weighted by Gasteiger charge is -2.25. The fourth-order valence-corrected chi connectivity index (χ4v) is 3.44. The molecular formula is C24H37N7O8. The number of carbonyl (C=O) groups is 5. The number of carboxylic acid groups (broad SMARTS) is 2. The molecule has 0 aliphatic carbocycles. The van der Waals surface area contributed by atoms with Crippen LogP contribution in [0.5, 0.6) is 0 Å². The van der Waals surface area contributed by atoms with E-state index in [4.69, 9.17) is 22.3 Å². The molecule has 0 aliphatic rings. The van der Waals surface area contributed by atoms with Gasteiger partial charge in [-0.05, 0) is 31.7 Å². The highest BCUT2D eigenvalue weighted by molar-refractivity contribution is 5.94. The Hall–Kier alpha value is -4.24. The number of carbonyl (C=O) groups excluding carboxylic acids is 3. The van der Waals surface area contributed by atoms with Crippen LogP contribution in [0.15, 0.2) is 35.3 Å². The summed E-state index contributed by atoms with van der Waals surface area (Å²) in [7, 11) is 0. The van der Waals surface area contributed by atoms with Crippen molar-refractivity contribution in [1.29, 1.82) is 0 Å². The van der Waals surface area contributed by atoms with Gasteiger partial charge in [0, 0.05) is 19.4 Å². The van der Waals surface area contributed by atoms with Gasteiger partial charge in [-0.15, -0.1) is 0 Å². The average molecular weight is 552 g/mol. The van der Waals surface area contributed by atoms with Gasteiger partial charge in [0.05, 0.1) is 12.1 Å². The van der Waals surface area contributed by atoms with Crippen molar-refractivity contribution < 1.29 is 39.3 Å². The summed E-state index contributed by atoms with van der Waals surface area (Å²) in [6.07, 6.45) is -1.76. The van der Waals surface area contributed by atoms with Crippen molar-refractivity contribution in [2.45, 2.75) is 69.3 Å². The molecule has 0 spiro atoms. The van der Waals surface area contributed by atoms with Crippen LogP contribution in [-0.4, -0.2) is 87.8 Å². The van der Waals surface area contributed by atoms with Gasteiger partial charge in [0.1, 0.15) is 12.1 Å². The van der Waals surface area contributed by atoms with Crippen LogP contribution in [0.1, 0.15) is 38.2 Å². The van der Waals surface area contributed by atoms with Crippen LogP contribution >= 0.6 is 0 Å². The number of hydrogen-bond donors (Lipinski definition) is 9. The number of hydrogen-bond acceptors (Lipinski definition) is 8. The van der Waals surface area contributed by atoms with Gasteiger partial charge < -0.3 is 48.5 Å². The maximum Gasteiger partial charge on any atom is 0.328 e. The Morgan fingerprint density at radius 3 is 2.03 bits per heavy atom. The summed E-state index contributed by atoms with van der Waals surface area (Å²) in [4.78, 5) is 65.1. The van der Waals surface area contributed by atoms with E-state index in [1.165, 1.54) is 0 Å². The second kappa shape index (κ2) is 16.6. The summed E-state index contributed by atoms with van der Waals surface area (Å²) in [5.74, 6) is -5.37. The summed E-state index contributed by atoms with van der Waals surface area (Å²) in [5.41, 5.74) is 17.2. The third-order valence-electron chi connectivity index (χ3n) is 5.55. The van der Waals surface area contributed by atoms with E-state index in [1.54, 1.807) is 30.3 Å². The molecular weight excluding hydrogens is 514 g/mol. The number of aliphatic hydroxyl groups excluding tert-OH is 1. The van der Waals surface area contributed by atoms with Gasteiger partial charge >= 0.3 is 11.9 Å². The lowest BCUT2D eigenvalue weighted by molar-refractivity contribution is -0.145. The zero-order chi connectivity index (χ0) is 29.5. The molecule has 0 aliphatic heterocycles. The van der Waals surface area contributed by atoms with Crippen molar-refractivity contribution in [2.75, 3.05) is 6.54 Å². The number of benzene rings is 1. The highest BCUT2D eigenvalue weighted by Crippen LogP contribution is 2.07. The molecule has 0 radical (unpaired) electrons. The van der Waals surface area contributed by atoms with E-state index >= 15 is 0 Å². The Morgan fingerprint density at radius 2 is 1.49 bits per heavy atom. The van der Waals surface area contributed by atoms with Crippen molar-refractivity contribution in [3.8, 4) is 0 Å². The summed E-state index contributed by atoms with van der Waals surface area (Å²) < 4.78 is 0. The molecule has 39 heavy (non-hydrogen) atoms. The standard InChI is InChI=1S/C24H37N7O8/c1-13(32)19(23(38)39)31-21(36)16(9-10-18(33)34)29-22(37)17(12-14-6-3-2-4-7-14)30-20(35)15(25)8-5-11-28-24(26)27/h2-4,6-7,13,15-17,19,32H,5,8-12,25H2,1H3,(H,29,37)(H,30,35)(H,31,36)(H,33,34)(H,38,39)(H4,26,27,28). The van der Waals surface area contributed by atoms with E-state index in [0.29, 0.717) is 12.0 Å². The first-order valence-electron chi connectivity index (χ1n) is 12.2. The molecule has 1 aromatic carbocycles. The first-order valence-corrected chi connectivity index (χ1v) is 12.2. The lowest BCUT2D eigenvalue weighted by Crippen LogP contribution is -2.58. The number of aliphatic imine (C=N–C) groups is 1. The van der Waals surface area contributed by atoms with Crippen molar-refractivity contribution in [3.05, 3.63) is 35.9 Å². The van der Waals surface area contributed by atoms with Crippen LogP contribution < -0.4 is 33.2 Å². The monoisotopic (exact) mass is 551 g/mol. The van der Waals surface area contributed by atoms with Gasteiger partial charge in [0.15, 0.2) is 12.0 Å². The average Bonchev–Trinajstić information content (AvgIpc) is 2.86. The molecule has 1 aromatic rings. The summed E-state index contributed by atoms with van der Waals surface area (Å²) in [6.45, 7) is 1.40. The van der Waals surface area contributed by atoms with Crippen molar-refractivity contribution in [1.82, 2.24) is 16.0 Å². The van der Waals surface area contributed by atoms with E-state index < -0.39 is 66.4 Å². The number of nitrogens with two attached hydrogens (primary N) is 3. The topological polar surface area (TPSA) is 273 Å². The predicted molar refractivity (Wildman–Crippen MR) is 140 cm³/mol. The van der Waals surface area contributed by atoms with Gasteiger partial charge in [-0.2, -0.15) is 0 Å². The summed E-state index contributed by atoms with van der Waals surface area (Å²) in [6, 6.07) is 3.27. The van der Waals surface area contributed by atoms with Crippen LogP contribution in [0, 0.1) is 0 Å². The number of rotatable bonds is 17. The number of aliphatic hydroxyl groups is 1. The molecule has 0 heterocycles. The number of amides is 3. The number of nitrogens with one attached hydrogen (secondary N) is 3. The first-order chi connectivity index (χ1) is 18.3. The number of carboxylic acids is 2. The highest BCUT2D eigenvalue weighted by Gasteiger charge is 2.32. The summed E-state index contributed by atoms with van der Waals surface area (Å²) in [5, 5.41) is 35.0. The van der Waals surface area contributed by atoms with Gasteiger partial charge in [0.2, 0.25) is 17.7 Å². The molecule has 3 amide bonds. The van der Waals surface area contributed by atoms with E-state index in [-0.39, 0.29) is 31.8 Å². The first kappa shape index (κ1) is 32.8. The summed E-state index contributed by atoms with van der Waals surface area (Å²) >= 11 is 0. The van der Waals surface area contributed by atoms with E-state index in [2.05, 4.69) is 20.9 Å². The largest absolute Gasteiger partial charge is 0.481 e. The Bertz CT molecular complexity index is 1010. The number of guanidine groups is 1. The molecule has 0 bridgehead atoms. The molecule has 0 fully saturated rings. The Labute approximate surface area is 225 Å². The second-order valence-corrected chi connectivity index (χ2v) is 8.86. The fraction of sp³-hybridized carbons (Fsp3) is 0.500. The molecule has 1 rings (SSSR count). The van der Waals surface area contributed by atoms with E-state index in [9.17, 15) is 34.2 Å². The zero-order valence-electron chi connectivity index (χ0n) is 21.6. The molecule has 15 nitrogen and oxygen atoms in total. The van der Waals surface area contributed by atoms with Crippen LogP contribution in [0.4, 0.5) is 0 Å². The fourth-order valence-electron chi connectivity index (χ4n) is 3.44. The van der Waals surface area contributed by atoms with Crippen LogP contribution in [0.2, 0.25) is 0 Å². The SMILES string of the molecule is CC(O)C(NC(=O)C(CCC(=O)O)NC(=O)C(Cc1ccccc1)NC(=O)C(N)CCCN=C(N)N)C(=O)O. The minimum absolute atomic E-state index is 0.0117. The molecule has 0 saturated carbocycles. The molecule has 5 atom stereocenters. The number of nitrogens with zero attached hydrogens (tertiary/aromatic N) is 1. The molecule has 216 valence electrons. The predicted octanol–water partition coefficient (Wildman–Crippen LogP) is -2.61. The molecule has 0 saturated heterocycles. The lowest BCUT2D eigenvalue weighted by atomic mass is 10.0. The minimum atomic E-state index is -1.70. The van der Waals surface area contributed by atoms with Gasteiger partial charge in [-0.1, -0.05) is 30.3 Å². The highest BCUT2D eigenvalue weighted by atomic mass is 16.4. The van der Waals surface area contributed by atoms with Crippen LogP contribution in [0.3, 0.4) is 0 Å². The zero-order valence-corrected chi connectivity index (χ0v) is 21.6. The third-order valence-corrected chi connectivity index (χ3v) is 5.55. The smallest absolute Gasteiger partial charge is 0.328 e. The van der Waals surface area contributed by atoms with E-state index in [1.807, 2.05) is 0 Å². The Morgan fingerprint density at radius 1 is 0.897 bits per heavy atom. The van der Waals surface area contributed by atoms with Crippen molar-refractivity contribution in [2.24, 2.45) is 22.2 Å². The van der Waals surface area contributed by atoms with E-state index in [0.717, 1.165) is 6.92 Å². The van der Waals surface area contributed by atoms with Gasteiger partial charge in [-0.3, -0.25) is 24.2 Å². The molecule has 5 unspecified atom stereocenters. The maximum absolute atomic E-state index is 13.2. The minimum Gasteiger partial charge on any atom is -0.481 e. The molecule has 15 heteroatoms. The van der Waals surface area contributed by atoms with Crippen LogP contribution in [-0.2, 0) is 30.4 Å². The number of aliphatic carboxylic acids is 2. The second-order valence-electron chi connectivity index (χ2n) is 8.86. The Balaban J connectivity index is 3.08.